The molecule has 1 amide bonds. The number of halogens is 2. The zero-order valence-electron chi connectivity index (χ0n) is 12.7. The molecule has 1 aromatic carbocycles. The minimum absolute atomic E-state index is 0. The highest BCUT2D eigenvalue weighted by Gasteiger charge is 2.08. The van der Waals surface area contributed by atoms with Crippen LogP contribution in [0.25, 0.3) is 0 Å². The molecule has 5 nitrogen and oxygen atoms in total. The summed E-state index contributed by atoms with van der Waals surface area (Å²) in [6.07, 6.45) is 0.311. The van der Waals surface area contributed by atoms with Crippen molar-refractivity contribution in [2.45, 2.75) is 13.3 Å². The SMILES string of the molecule is Cc1ccc(NC(=O)CCN)c(OCCN(C)C)c1.Cl.Cl. The third-order valence-electron chi connectivity index (χ3n) is 2.58. The molecule has 1 rings (SSSR count). The number of nitrogens with two attached hydrogens (primary N) is 1. The van der Waals surface area contributed by atoms with Crippen molar-refractivity contribution in [3.8, 4) is 5.75 Å². The van der Waals surface area contributed by atoms with E-state index in [1.165, 1.54) is 0 Å². The first-order chi connectivity index (χ1) is 9.02. The van der Waals surface area contributed by atoms with Crippen molar-refractivity contribution >= 4 is 36.4 Å². The Bertz CT molecular complexity index is 429. The van der Waals surface area contributed by atoms with E-state index in [-0.39, 0.29) is 30.7 Å². The Hall–Kier alpha value is -1.01. The number of rotatable bonds is 7. The van der Waals surface area contributed by atoms with Gasteiger partial charge in [0, 0.05) is 19.5 Å². The van der Waals surface area contributed by atoms with Gasteiger partial charge in [0.05, 0.1) is 5.69 Å². The summed E-state index contributed by atoms with van der Waals surface area (Å²) in [6.45, 7) is 3.74. The first-order valence-corrected chi connectivity index (χ1v) is 6.41. The van der Waals surface area contributed by atoms with E-state index in [4.69, 9.17) is 10.5 Å². The Labute approximate surface area is 139 Å². The molecule has 0 aromatic heterocycles. The van der Waals surface area contributed by atoms with Gasteiger partial charge in [-0.1, -0.05) is 6.07 Å². The molecule has 0 aliphatic carbocycles. The summed E-state index contributed by atoms with van der Waals surface area (Å²) in [5.74, 6) is 0.607. The third-order valence-corrected chi connectivity index (χ3v) is 2.58. The molecule has 122 valence electrons. The molecule has 7 heteroatoms. The van der Waals surface area contributed by atoms with E-state index in [0.717, 1.165) is 12.1 Å². The summed E-state index contributed by atoms with van der Waals surface area (Å²) in [7, 11) is 3.98. The van der Waals surface area contributed by atoms with Crippen LogP contribution < -0.4 is 15.8 Å². The molecule has 0 heterocycles. The monoisotopic (exact) mass is 337 g/mol. The average Bonchev–Trinajstić information content (AvgIpc) is 2.32. The van der Waals surface area contributed by atoms with Gasteiger partial charge in [-0.3, -0.25) is 4.79 Å². The number of aryl methyl sites for hydroxylation is 1. The van der Waals surface area contributed by atoms with Gasteiger partial charge in [-0.2, -0.15) is 0 Å². The van der Waals surface area contributed by atoms with Gasteiger partial charge in [0.15, 0.2) is 0 Å². The average molecular weight is 338 g/mol. The van der Waals surface area contributed by atoms with Crippen LogP contribution >= 0.6 is 24.8 Å². The maximum absolute atomic E-state index is 11.6. The van der Waals surface area contributed by atoms with Gasteiger partial charge in [0.25, 0.3) is 0 Å². The zero-order chi connectivity index (χ0) is 14.3. The maximum Gasteiger partial charge on any atom is 0.225 e. The van der Waals surface area contributed by atoms with Crippen LogP contribution in [0.15, 0.2) is 18.2 Å². The zero-order valence-corrected chi connectivity index (χ0v) is 14.4. The summed E-state index contributed by atoms with van der Waals surface area (Å²) in [4.78, 5) is 13.6. The third kappa shape index (κ3) is 8.78. The molecule has 21 heavy (non-hydrogen) atoms. The molecule has 0 radical (unpaired) electrons. The van der Waals surface area contributed by atoms with Gasteiger partial charge in [-0.15, -0.1) is 24.8 Å². The van der Waals surface area contributed by atoms with Crippen LogP contribution in [0.2, 0.25) is 0 Å². The fraction of sp³-hybridized carbons (Fsp3) is 0.500. The number of amides is 1. The van der Waals surface area contributed by atoms with Crippen molar-refractivity contribution in [1.29, 1.82) is 0 Å². The van der Waals surface area contributed by atoms with Gasteiger partial charge < -0.3 is 20.7 Å². The minimum atomic E-state index is -0.0937. The Kier molecular flexibility index (Phi) is 12.3. The first-order valence-electron chi connectivity index (χ1n) is 6.41. The molecular formula is C14H25Cl2N3O2. The highest BCUT2D eigenvalue weighted by atomic mass is 35.5. The lowest BCUT2D eigenvalue weighted by Crippen LogP contribution is -2.20. The molecule has 0 aliphatic heterocycles. The summed E-state index contributed by atoms with van der Waals surface area (Å²) in [6, 6.07) is 5.72. The predicted octanol–water partition coefficient (Wildman–Crippen LogP) is 2.07. The fourth-order valence-corrected chi connectivity index (χ4v) is 1.53. The van der Waals surface area contributed by atoms with Gasteiger partial charge >= 0.3 is 0 Å². The summed E-state index contributed by atoms with van der Waals surface area (Å²) < 4.78 is 5.72. The highest BCUT2D eigenvalue weighted by molar-refractivity contribution is 5.92. The Morgan fingerprint density at radius 3 is 2.57 bits per heavy atom. The van der Waals surface area contributed by atoms with Crippen LogP contribution in [0.5, 0.6) is 5.75 Å². The Morgan fingerprint density at radius 2 is 2.00 bits per heavy atom. The molecule has 1 aromatic rings. The molecule has 0 bridgehead atoms. The number of nitrogens with one attached hydrogen (secondary N) is 1. The van der Waals surface area contributed by atoms with E-state index >= 15 is 0 Å². The second-order valence-corrected chi connectivity index (χ2v) is 4.74. The number of carbonyl (C=O) groups excluding carboxylic acids is 1. The summed E-state index contributed by atoms with van der Waals surface area (Å²) in [5.41, 5.74) is 7.15. The van der Waals surface area contributed by atoms with Crippen LogP contribution in [0, 0.1) is 6.92 Å². The van der Waals surface area contributed by atoms with Crippen LogP contribution in [-0.2, 0) is 4.79 Å². The minimum Gasteiger partial charge on any atom is -0.490 e. The topological polar surface area (TPSA) is 67.6 Å². The summed E-state index contributed by atoms with van der Waals surface area (Å²) >= 11 is 0. The van der Waals surface area contributed by atoms with Crippen molar-refractivity contribution < 1.29 is 9.53 Å². The van der Waals surface area contributed by atoms with Gasteiger partial charge in [0.1, 0.15) is 12.4 Å². The molecule has 0 saturated carbocycles. The van der Waals surface area contributed by atoms with Crippen molar-refractivity contribution in [3.05, 3.63) is 23.8 Å². The van der Waals surface area contributed by atoms with E-state index < -0.39 is 0 Å². The summed E-state index contributed by atoms with van der Waals surface area (Å²) in [5, 5.41) is 2.82. The van der Waals surface area contributed by atoms with Crippen molar-refractivity contribution in [3.63, 3.8) is 0 Å². The Morgan fingerprint density at radius 1 is 1.33 bits per heavy atom. The maximum atomic E-state index is 11.6. The quantitative estimate of drug-likeness (QED) is 0.799. The Balaban J connectivity index is 0. The second kappa shape index (κ2) is 11.6. The standard InChI is InChI=1S/C14H23N3O2.2ClH/c1-11-4-5-12(16-14(18)6-7-15)13(10-11)19-9-8-17(2)3;;/h4-5,10H,6-9,15H2,1-3H3,(H,16,18);2*1H. The molecule has 0 spiro atoms. The predicted molar refractivity (Wildman–Crippen MR) is 92.0 cm³/mol. The molecule has 0 atom stereocenters. The second-order valence-electron chi connectivity index (χ2n) is 4.74. The van der Waals surface area contributed by atoms with Crippen LogP contribution in [-0.4, -0.2) is 44.6 Å². The molecule has 0 aliphatic rings. The molecule has 3 N–H and O–H groups in total. The smallest absolute Gasteiger partial charge is 0.225 e. The van der Waals surface area contributed by atoms with E-state index in [9.17, 15) is 4.79 Å². The van der Waals surface area contributed by atoms with Gasteiger partial charge in [-0.05, 0) is 38.7 Å². The lowest BCUT2D eigenvalue weighted by Gasteiger charge is -2.15. The van der Waals surface area contributed by atoms with E-state index in [2.05, 4.69) is 5.32 Å². The number of ether oxygens (including phenoxy) is 1. The molecular weight excluding hydrogens is 313 g/mol. The van der Waals surface area contributed by atoms with Crippen molar-refractivity contribution in [2.24, 2.45) is 5.73 Å². The molecule has 0 unspecified atom stereocenters. The highest BCUT2D eigenvalue weighted by Crippen LogP contribution is 2.25. The number of hydrogen-bond donors (Lipinski definition) is 2. The largest absolute Gasteiger partial charge is 0.490 e. The lowest BCUT2D eigenvalue weighted by atomic mass is 10.2. The number of carbonyl (C=O) groups is 1. The number of benzene rings is 1. The number of anilines is 1. The molecule has 0 saturated heterocycles. The molecule has 0 fully saturated rings. The number of hydrogen-bond acceptors (Lipinski definition) is 4. The van der Waals surface area contributed by atoms with Gasteiger partial charge in [0.2, 0.25) is 5.91 Å². The fourth-order valence-electron chi connectivity index (χ4n) is 1.53. The normalized spacial score (nSPS) is 9.57. The first kappa shape index (κ1) is 22.3. The number of nitrogens with zero attached hydrogens (tertiary/aromatic N) is 1. The van der Waals surface area contributed by atoms with E-state index in [0.29, 0.717) is 31.0 Å². The van der Waals surface area contributed by atoms with Crippen molar-refractivity contribution in [2.75, 3.05) is 39.1 Å². The van der Waals surface area contributed by atoms with E-state index in [1.54, 1.807) is 0 Å². The van der Waals surface area contributed by atoms with Crippen LogP contribution in [0.4, 0.5) is 5.69 Å². The van der Waals surface area contributed by atoms with Crippen molar-refractivity contribution in [1.82, 2.24) is 4.90 Å². The van der Waals surface area contributed by atoms with E-state index in [1.807, 2.05) is 44.1 Å². The lowest BCUT2D eigenvalue weighted by molar-refractivity contribution is -0.116. The van der Waals surface area contributed by atoms with Crippen LogP contribution in [0.1, 0.15) is 12.0 Å². The number of likely N-dealkylation sites (N-methyl/N-ethyl adjacent to an activating group) is 1. The van der Waals surface area contributed by atoms with Gasteiger partial charge in [-0.25, -0.2) is 0 Å². The van der Waals surface area contributed by atoms with Crippen LogP contribution in [0.3, 0.4) is 0 Å².